The number of fused-ring (bicyclic) bond motifs is 12. The molecule has 0 amide bonds. The van der Waals surface area contributed by atoms with Crippen molar-refractivity contribution in [2.45, 2.75) is 96.3 Å². The third-order valence-corrected chi connectivity index (χ3v) is 11.7. The highest BCUT2D eigenvalue weighted by molar-refractivity contribution is 6.04. The number of hydrogen-bond donors (Lipinski definition) is 0. The van der Waals surface area contributed by atoms with Gasteiger partial charge in [-0.15, -0.1) is 0 Å². The van der Waals surface area contributed by atoms with E-state index < -0.39 is 0 Å². The molecule has 0 aromatic heterocycles. The minimum Gasteiger partial charge on any atom is -0.0642 e. The Labute approximate surface area is 235 Å². The third-order valence-electron chi connectivity index (χ3n) is 11.7. The number of benzene rings is 4. The standard InChI is InChI=1S/C39H42/c1-7-37(8-2)28-22-16-13-19-25(28)31-34(37)32-26-20-14-17-23-29(26)38(9-3,10-4)36(32)33-27-21-15-18-24-30(27)39(11-5,12-6)35(31)33/h13-24H,7-12H2,1-6H3. The highest BCUT2D eigenvalue weighted by Crippen LogP contribution is 2.70. The van der Waals surface area contributed by atoms with Crippen molar-refractivity contribution in [3.05, 3.63) is 106 Å². The van der Waals surface area contributed by atoms with E-state index in [-0.39, 0.29) is 16.2 Å². The predicted octanol–water partition coefficient (Wildman–Crippen LogP) is 10.9. The molecule has 4 aromatic rings. The van der Waals surface area contributed by atoms with Crippen LogP contribution in [0.4, 0.5) is 0 Å². The summed E-state index contributed by atoms with van der Waals surface area (Å²) >= 11 is 0. The molecule has 198 valence electrons. The zero-order chi connectivity index (χ0) is 27.2. The second-order valence-electron chi connectivity index (χ2n) is 12.3. The molecule has 0 heterocycles. The van der Waals surface area contributed by atoms with Crippen LogP contribution in [0.3, 0.4) is 0 Å². The van der Waals surface area contributed by atoms with E-state index in [9.17, 15) is 0 Å². The van der Waals surface area contributed by atoms with Crippen molar-refractivity contribution < 1.29 is 0 Å². The van der Waals surface area contributed by atoms with E-state index in [4.69, 9.17) is 0 Å². The molecule has 7 rings (SSSR count). The van der Waals surface area contributed by atoms with E-state index in [1.54, 1.807) is 50.1 Å². The zero-order valence-electron chi connectivity index (χ0n) is 24.7. The molecule has 3 aliphatic carbocycles. The van der Waals surface area contributed by atoms with Gasteiger partial charge < -0.3 is 0 Å². The monoisotopic (exact) mass is 510 g/mol. The highest BCUT2D eigenvalue weighted by Gasteiger charge is 2.55. The van der Waals surface area contributed by atoms with Gasteiger partial charge in [0.25, 0.3) is 0 Å². The number of hydrogen-bond acceptors (Lipinski definition) is 0. The second kappa shape index (κ2) is 8.44. The largest absolute Gasteiger partial charge is 0.0642 e. The minimum atomic E-state index is 0.0394. The molecule has 4 aromatic carbocycles. The molecule has 39 heavy (non-hydrogen) atoms. The fraction of sp³-hybridized carbons (Fsp3) is 0.385. The van der Waals surface area contributed by atoms with E-state index >= 15 is 0 Å². The van der Waals surface area contributed by atoms with Crippen LogP contribution in [0.1, 0.15) is 113 Å². The van der Waals surface area contributed by atoms with Crippen LogP contribution in [0, 0.1) is 0 Å². The molecule has 0 N–H and O–H groups in total. The summed E-state index contributed by atoms with van der Waals surface area (Å²) in [5, 5.41) is 0. The van der Waals surface area contributed by atoms with Crippen LogP contribution in [0.2, 0.25) is 0 Å². The van der Waals surface area contributed by atoms with Gasteiger partial charge in [0.05, 0.1) is 0 Å². The molecule has 0 atom stereocenters. The van der Waals surface area contributed by atoms with Crippen LogP contribution < -0.4 is 0 Å². The zero-order valence-corrected chi connectivity index (χ0v) is 24.7. The van der Waals surface area contributed by atoms with Gasteiger partial charge >= 0.3 is 0 Å². The van der Waals surface area contributed by atoms with Crippen LogP contribution >= 0.6 is 0 Å². The molecule has 0 nitrogen and oxygen atoms in total. The van der Waals surface area contributed by atoms with Gasteiger partial charge in [0.1, 0.15) is 0 Å². The van der Waals surface area contributed by atoms with E-state index in [1.165, 1.54) is 16.7 Å². The van der Waals surface area contributed by atoms with Crippen molar-refractivity contribution in [3.8, 4) is 33.4 Å². The van der Waals surface area contributed by atoms with Crippen LogP contribution in [-0.4, -0.2) is 0 Å². The van der Waals surface area contributed by atoms with Crippen LogP contribution in [-0.2, 0) is 16.2 Å². The molecule has 0 saturated heterocycles. The van der Waals surface area contributed by atoms with Crippen LogP contribution in [0.25, 0.3) is 33.4 Å². The van der Waals surface area contributed by atoms with Crippen molar-refractivity contribution >= 4 is 0 Å². The van der Waals surface area contributed by atoms with Gasteiger partial charge in [-0.1, -0.05) is 114 Å². The molecule has 0 unspecified atom stereocenters. The quantitative estimate of drug-likeness (QED) is 0.242. The first kappa shape index (κ1) is 24.9. The Morgan fingerprint density at radius 2 is 0.590 bits per heavy atom. The average Bonchev–Trinajstić information content (AvgIpc) is 3.57. The molecule has 0 fully saturated rings. The number of rotatable bonds is 6. The summed E-state index contributed by atoms with van der Waals surface area (Å²) in [5.74, 6) is 0. The Bertz CT molecular complexity index is 1400. The smallest absolute Gasteiger partial charge is 0.0216 e. The lowest BCUT2D eigenvalue weighted by atomic mass is 9.65. The van der Waals surface area contributed by atoms with Gasteiger partial charge in [0.2, 0.25) is 0 Å². The van der Waals surface area contributed by atoms with E-state index in [0.717, 1.165) is 38.5 Å². The summed E-state index contributed by atoms with van der Waals surface area (Å²) < 4.78 is 0. The molecule has 3 aliphatic rings. The first-order valence-corrected chi connectivity index (χ1v) is 15.6. The highest BCUT2D eigenvalue weighted by atomic mass is 14.6. The minimum absolute atomic E-state index is 0.0394. The van der Waals surface area contributed by atoms with Gasteiger partial charge in [-0.25, -0.2) is 0 Å². The van der Waals surface area contributed by atoms with Crippen LogP contribution in [0.15, 0.2) is 72.8 Å². The summed E-state index contributed by atoms with van der Waals surface area (Å²) in [5.41, 5.74) is 19.0. The average molecular weight is 511 g/mol. The second-order valence-corrected chi connectivity index (χ2v) is 12.3. The lowest BCUT2D eigenvalue weighted by Gasteiger charge is -2.37. The summed E-state index contributed by atoms with van der Waals surface area (Å²) in [4.78, 5) is 0. The fourth-order valence-corrected chi connectivity index (χ4v) is 9.71. The Kier molecular flexibility index (Phi) is 5.39. The van der Waals surface area contributed by atoms with Gasteiger partial charge in [-0.3, -0.25) is 0 Å². The van der Waals surface area contributed by atoms with Crippen molar-refractivity contribution in [2.24, 2.45) is 0 Å². The lowest BCUT2D eigenvalue weighted by Crippen LogP contribution is -2.29. The van der Waals surface area contributed by atoms with Crippen molar-refractivity contribution in [1.29, 1.82) is 0 Å². The summed E-state index contributed by atoms with van der Waals surface area (Å²) in [6, 6.07) is 28.4. The van der Waals surface area contributed by atoms with Gasteiger partial charge in [0, 0.05) is 16.2 Å². The fourth-order valence-electron chi connectivity index (χ4n) is 9.71. The summed E-state index contributed by atoms with van der Waals surface area (Å²) in [7, 11) is 0. The first-order chi connectivity index (χ1) is 19.0. The van der Waals surface area contributed by atoms with Gasteiger partial charge in [0.15, 0.2) is 0 Å². The van der Waals surface area contributed by atoms with E-state index in [1.807, 2.05) is 0 Å². The maximum absolute atomic E-state index is 2.45. The van der Waals surface area contributed by atoms with Gasteiger partial charge in [-0.05, 0) is 105 Å². The van der Waals surface area contributed by atoms with Gasteiger partial charge in [-0.2, -0.15) is 0 Å². The Hall–Kier alpha value is -3.12. The maximum atomic E-state index is 2.45. The first-order valence-electron chi connectivity index (χ1n) is 15.6. The van der Waals surface area contributed by atoms with E-state index in [0.29, 0.717) is 0 Å². The van der Waals surface area contributed by atoms with Crippen molar-refractivity contribution in [2.75, 3.05) is 0 Å². The third kappa shape index (κ3) is 2.62. The molecular formula is C39H42. The summed E-state index contributed by atoms with van der Waals surface area (Å²) in [6.45, 7) is 14.6. The Balaban J connectivity index is 1.82. The van der Waals surface area contributed by atoms with Crippen LogP contribution in [0.5, 0.6) is 0 Å². The predicted molar refractivity (Wildman–Crippen MR) is 167 cm³/mol. The molecule has 0 spiro atoms. The SMILES string of the molecule is CCC1(CC)c2ccccc2-c2c1c1c(c3c2C(CC)(CC)c2ccccc2-3)C(CC)(CC)c2ccccc2-1. The van der Waals surface area contributed by atoms with Crippen molar-refractivity contribution in [1.82, 2.24) is 0 Å². The normalized spacial score (nSPS) is 17.7. The molecule has 0 saturated carbocycles. The Morgan fingerprint density at radius 1 is 0.359 bits per heavy atom. The molecular weight excluding hydrogens is 468 g/mol. The summed E-state index contributed by atoms with van der Waals surface area (Å²) in [6.07, 6.45) is 6.78. The van der Waals surface area contributed by atoms with Crippen molar-refractivity contribution in [3.63, 3.8) is 0 Å². The Morgan fingerprint density at radius 3 is 0.821 bits per heavy atom. The topological polar surface area (TPSA) is 0 Å². The molecule has 0 aliphatic heterocycles. The lowest BCUT2D eigenvalue weighted by molar-refractivity contribution is 0.473. The maximum Gasteiger partial charge on any atom is 0.0216 e. The van der Waals surface area contributed by atoms with E-state index in [2.05, 4.69) is 114 Å². The molecule has 0 heteroatoms. The molecule has 0 radical (unpaired) electrons. The molecule has 0 bridgehead atoms.